The number of para-hydroxylation sites is 1. The van der Waals surface area contributed by atoms with Gasteiger partial charge in [-0.25, -0.2) is 5.43 Å². The summed E-state index contributed by atoms with van der Waals surface area (Å²) < 4.78 is 6.44. The van der Waals surface area contributed by atoms with Gasteiger partial charge < -0.3 is 4.74 Å². The van der Waals surface area contributed by atoms with Gasteiger partial charge in [-0.15, -0.1) is 11.3 Å². The molecule has 0 aliphatic heterocycles. The Hall–Kier alpha value is -0.880. The maximum Gasteiger partial charge on any atom is 0.124 e. The predicted molar refractivity (Wildman–Crippen MR) is 74.2 cm³/mol. The van der Waals surface area contributed by atoms with Crippen molar-refractivity contribution in [1.82, 2.24) is 5.43 Å². The third-order valence-electron chi connectivity index (χ3n) is 2.50. The molecule has 17 heavy (non-hydrogen) atoms. The molecule has 0 bridgehead atoms. The van der Waals surface area contributed by atoms with Gasteiger partial charge in [-0.2, -0.15) is 0 Å². The molecular weight excluding hydrogens is 300 g/mol. The molecule has 0 spiro atoms. The number of hydrogen-bond acceptors (Lipinski definition) is 4. The number of halogens is 1. The van der Waals surface area contributed by atoms with Crippen LogP contribution in [0.5, 0.6) is 5.75 Å². The minimum Gasteiger partial charge on any atom is -0.496 e. The first kappa shape index (κ1) is 12.6. The zero-order valence-electron chi connectivity index (χ0n) is 9.31. The zero-order valence-corrected chi connectivity index (χ0v) is 11.7. The number of methoxy groups -OCH3 is 1. The van der Waals surface area contributed by atoms with E-state index in [9.17, 15) is 0 Å². The van der Waals surface area contributed by atoms with Crippen molar-refractivity contribution in [3.63, 3.8) is 0 Å². The number of hydrazine groups is 1. The summed E-state index contributed by atoms with van der Waals surface area (Å²) in [5.74, 6) is 6.49. The lowest BCUT2D eigenvalue weighted by atomic mass is 10.0. The summed E-state index contributed by atoms with van der Waals surface area (Å²) in [6.07, 6.45) is 0. The molecule has 1 heterocycles. The minimum atomic E-state index is -0.0533. The Morgan fingerprint density at radius 1 is 1.29 bits per heavy atom. The molecule has 3 N–H and O–H groups in total. The van der Waals surface area contributed by atoms with Crippen LogP contribution in [0.3, 0.4) is 0 Å². The van der Waals surface area contributed by atoms with Crippen molar-refractivity contribution in [2.45, 2.75) is 6.04 Å². The van der Waals surface area contributed by atoms with Crippen LogP contribution in [0.25, 0.3) is 0 Å². The maximum absolute atomic E-state index is 5.66. The van der Waals surface area contributed by atoms with Gasteiger partial charge in [0.2, 0.25) is 0 Å². The lowest BCUT2D eigenvalue weighted by Crippen LogP contribution is -2.28. The summed E-state index contributed by atoms with van der Waals surface area (Å²) in [4.78, 5) is 1.14. The molecule has 0 saturated carbocycles. The second kappa shape index (κ2) is 5.64. The lowest BCUT2D eigenvalue weighted by molar-refractivity contribution is 0.404. The third-order valence-corrected chi connectivity index (χ3v) is 4.18. The molecule has 90 valence electrons. The van der Waals surface area contributed by atoms with Crippen LogP contribution in [0.4, 0.5) is 0 Å². The molecular formula is C12H13BrN2OS. The fraction of sp³-hybridized carbons (Fsp3) is 0.167. The summed E-state index contributed by atoms with van der Waals surface area (Å²) in [7, 11) is 1.66. The SMILES string of the molecule is COc1ccccc1C(NN)c1ccc(Br)s1. The smallest absolute Gasteiger partial charge is 0.124 e. The van der Waals surface area contributed by atoms with E-state index in [4.69, 9.17) is 10.6 Å². The van der Waals surface area contributed by atoms with E-state index in [1.165, 1.54) is 0 Å². The van der Waals surface area contributed by atoms with Crippen molar-refractivity contribution >= 4 is 27.3 Å². The average Bonchev–Trinajstić information content (AvgIpc) is 2.77. The molecule has 2 aromatic rings. The summed E-state index contributed by atoms with van der Waals surface area (Å²) >= 11 is 5.11. The van der Waals surface area contributed by atoms with Gasteiger partial charge >= 0.3 is 0 Å². The van der Waals surface area contributed by atoms with Crippen LogP contribution in [-0.2, 0) is 0 Å². The molecule has 0 radical (unpaired) electrons. The van der Waals surface area contributed by atoms with Gasteiger partial charge in [-0.05, 0) is 34.1 Å². The van der Waals surface area contributed by atoms with Crippen molar-refractivity contribution in [2.75, 3.05) is 7.11 Å². The number of rotatable bonds is 4. The van der Waals surface area contributed by atoms with E-state index in [1.54, 1.807) is 18.4 Å². The van der Waals surface area contributed by atoms with Crippen molar-refractivity contribution < 1.29 is 4.74 Å². The van der Waals surface area contributed by atoms with Crippen molar-refractivity contribution in [1.29, 1.82) is 0 Å². The monoisotopic (exact) mass is 312 g/mol. The van der Waals surface area contributed by atoms with Gasteiger partial charge in [-0.3, -0.25) is 5.84 Å². The predicted octanol–water partition coefficient (Wildman–Crippen LogP) is 3.07. The van der Waals surface area contributed by atoms with Gasteiger partial charge in [0.05, 0.1) is 16.9 Å². The highest BCUT2D eigenvalue weighted by Gasteiger charge is 2.17. The molecule has 3 nitrogen and oxygen atoms in total. The molecule has 1 aromatic heterocycles. The van der Waals surface area contributed by atoms with Gasteiger partial charge in [-0.1, -0.05) is 18.2 Å². The molecule has 0 aliphatic carbocycles. The van der Waals surface area contributed by atoms with Gasteiger partial charge in [0.1, 0.15) is 5.75 Å². The van der Waals surface area contributed by atoms with Gasteiger partial charge in [0.25, 0.3) is 0 Å². The minimum absolute atomic E-state index is 0.0533. The van der Waals surface area contributed by atoms with Crippen LogP contribution < -0.4 is 16.0 Å². The number of ether oxygens (including phenoxy) is 1. The fourth-order valence-corrected chi connectivity index (χ4v) is 3.22. The first-order valence-electron chi connectivity index (χ1n) is 5.10. The van der Waals surface area contributed by atoms with E-state index >= 15 is 0 Å². The first-order chi connectivity index (χ1) is 8.26. The fourth-order valence-electron chi connectivity index (χ4n) is 1.71. The number of nitrogens with one attached hydrogen (secondary N) is 1. The molecule has 0 fully saturated rings. The standard InChI is InChI=1S/C12H13BrN2OS/c1-16-9-5-3-2-4-8(9)12(15-14)10-6-7-11(13)17-10/h2-7,12,15H,14H2,1H3. The largest absolute Gasteiger partial charge is 0.496 e. The normalized spacial score (nSPS) is 12.4. The highest BCUT2D eigenvalue weighted by Crippen LogP contribution is 2.34. The molecule has 2 rings (SSSR count). The van der Waals surface area contributed by atoms with Crippen LogP contribution in [0.1, 0.15) is 16.5 Å². The Bertz CT molecular complexity index is 501. The molecule has 5 heteroatoms. The van der Waals surface area contributed by atoms with Crippen LogP contribution in [0, 0.1) is 0 Å². The zero-order chi connectivity index (χ0) is 12.3. The Balaban J connectivity index is 2.41. The number of benzene rings is 1. The lowest BCUT2D eigenvalue weighted by Gasteiger charge is -2.17. The number of hydrogen-bond donors (Lipinski definition) is 2. The van der Waals surface area contributed by atoms with Crippen LogP contribution >= 0.6 is 27.3 Å². The van der Waals surface area contributed by atoms with Gasteiger partial charge in [0, 0.05) is 10.4 Å². The summed E-state index contributed by atoms with van der Waals surface area (Å²) in [6, 6.07) is 11.9. The van der Waals surface area contributed by atoms with E-state index in [2.05, 4.69) is 21.4 Å². The summed E-state index contributed by atoms with van der Waals surface area (Å²) in [5, 5.41) is 0. The van der Waals surface area contributed by atoms with Crippen LogP contribution in [0.15, 0.2) is 40.2 Å². The Morgan fingerprint density at radius 2 is 2.06 bits per heavy atom. The number of nitrogens with two attached hydrogens (primary N) is 1. The van der Waals surface area contributed by atoms with Crippen LogP contribution in [-0.4, -0.2) is 7.11 Å². The molecule has 0 amide bonds. The molecule has 1 unspecified atom stereocenters. The van der Waals surface area contributed by atoms with E-state index in [1.807, 2.05) is 36.4 Å². The molecule has 1 aromatic carbocycles. The Morgan fingerprint density at radius 3 is 2.65 bits per heavy atom. The van der Waals surface area contributed by atoms with E-state index in [0.717, 1.165) is 20.0 Å². The summed E-state index contributed by atoms with van der Waals surface area (Å²) in [5.41, 5.74) is 3.87. The van der Waals surface area contributed by atoms with Crippen molar-refractivity contribution in [2.24, 2.45) is 5.84 Å². The second-order valence-corrected chi connectivity index (χ2v) is 5.98. The highest BCUT2D eigenvalue weighted by molar-refractivity contribution is 9.11. The highest BCUT2D eigenvalue weighted by atomic mass is 79.9. The van der Waals surface area contributed by atoms with Gasteiger partial charge in [0.15, 0.2) is 0 Å². The van der Waals surface area contributed by atoms with Crippen LogP contribution in [0.2, 0.25) is 0 Å². The maximum atomic E-state index is 5.66. The van der Waals surface area contributed by atoms with Crippen molar-refractivity contribution in [3.05, 3.63) is 50.6 Å². The quantitative estimate of drug-likeness (QED) is 0.674. The topological polar surface area (TPSA) is 47.3 Å². The van der Waals surface area contributed by atoms with E-state index in [-0.39, 0.29) is 6.04 Å². The van der Waals surface area contributed by atoms with E-state index < -0.39 is 0 Å². The second-order valence-electron chi connectivity index (χ2n) is 3.48. The Kier molecular flexibility index (Phi) is 4.17. The third kappa shape index (κ3) is 2.69. The molecule has 1 atom stereocenters. The first-order valence-corrected chi connectivity index (χ1v) is 6.71. The number of thiophene rings is 1. The van der Waals surface area contributed by atoms with Crippen molar-refractivity contribution in [3.8, 4) is 5.75 Å². The Labute approximate surface area is 113 Å². The average molecular weight is 313 g/mol. The van der Waals surface area contributed by atoms with E-state index in [0.29, 0.717) is 0 Å². The summed E-state index contributed by atoms with van der Waals surface area (Å²) in [6.45, 7) is 0. The molecule has 0 aliphatic rings. The molecule has 0 saturated heterocycles.